The molecule has 1 aliphatic carbocycles. The quantitative estimate of drug-likeness (QED) is 0.246. The Morgan fingerprint density at radius 3 is 2.62 bits per heavy atom. The SMILES string of the molecule is O=NC(CC(CCCCCCc1ccccc1)C(=O)O)c1ccc2c3c(oc2c1)CCC3. The second kappa shape index (κ2) is 10.6. The van der Waals surface area contributed by atoms with Crippen molar-refractivity contribution in [3.63, 3.8) is 0 Å². The van der Waals surface area contributed by atoms with E-state index in [1.165, 1.54) is 11.1 Å². The van der Waals surface area contributed by atoms with Crippen molar-refractivity contribution >= 4 is 16.9 Å². The second-order valence-corrected chi connectivity index (χ2v) is 8.94. The molecule has 1 aliphatic rings. The average Bonchev–Trinajstić information content (AvgIpc) is 3.39. The number of carbonyl (C=O) groups is 1. The fourth-order valence-corrected chi connectivity index (χ4v) is 4.90. The third-order valence-corrected chi connectivity index (χ3v) is 6.71. The van der Waals surface area contributed by atoms with Gasteiger partial charge >= 0.3 is 5.97 Å². The van der Waals surface area contributed by atoms with Crippen LogP contribution >= 0.6 is 0 Å². The van der Waals surface area contributed by atoms with Crippen LogP contribution in [0.1, 0.15) is 73.4 Å². The van der Waals surface area contributed by atoms with Gasteiger partial charge in [-0.2, -0.15) is 4.91 Å². The van der Waals surface area contributed by atoms with E-state index in [4.69, 9.17) is 4.42 Å². The number of hydrogen-bond donors (Lipinski definition) is 1. The van der Waals surface area contributed by atoms with Crippen molar-refractivity contribution in [2.75, 3.05) is 0 Å². The second-order valence-electron chi connectivity index (χ2n) is 8.94. The van der Waals surface area contributed by atoms with Crippen LogP contribution in [0.4, 0.5) is 0 Å². The zero-order chi connectivity index (χ0) is 22.3. The molecule has 4 rings (SSSR count). The van der Waals surface area contributed by atoms with Gasteiger partial charge < -0.3 is 9.52 Å². The number of nitroso groups, excluding NO2 is 1. The zero-order valence-electron chi connectivity index (χ0n) is 18.5. The molecule has 0 spiro atoms. The Balaban J connectivity index is 1.29. The van der Waals surface area contributed by atoms with Crippen molar-refractivity contribution in [2.45, 2.75) is 70.3 Å². The summed E-state index contributed by atoms with van der Waals surface area (Å²) in [5.74, 6) is -0.367. The number of unbranched alkanes of at least 4 members (excludes halogenated alkanes) is 3. The summed E-state index contributed by atoms with van der Waals surface area (Å²) >= 11 is 0. The molecule has 1 aromatic heterocycles. The highest BCUT2D eigenvalue weighted by atomic mass is 16.4. The Morgan fingerprint density at radius 1 is 1.03 bits per heavy atom. The lowest BCUT2D eigenvalue weighted by Gasteiger charge is -2.16. The molecule has 0 amide bonds. The van der Waals surface area contributed by atoms with Gasteiger partial charge in [-0.05, 0) is 55.7 Å². The molecule has 0 radical (unpaired) electrons. The standard InChI is InChI=1S/C27H31NO4/c29-27(30)21(12-7-2-1-4-9-19-10-5-3-6-11-19)17-24(28-31)20-15-16-23-22-13-8-14-25(22)32-26(23)18-20/h3,5-6,10-11,15-16,18,21,24H,1-2,4,7-9,12-14,17H2,(H,29,30). The third-order valence-electron chi connectivity index (χ3n) is 6.71. The number of nitrogens with zero attached hydrogens (tertiary/aromatic N) is 1. The lowest BCUT2D eigenvalue weighted by molar-refractivity contribution is -0.142. The third kappa shape index (κ3) is 5.26. The summed E-state index contributed by atoms with van der Waals surface area (Å²) < 4.78 is 5.97. The van der Waals surface area contributed by atoms with E-state index in [0.717, 1.165) is 73.7 Å². The molecule has 168 valence electrons. The predicted octanol–water partition coefficient (Wildman–Crippen LogP) is 7.01. The molecule has 0 saturated carbocycles. The molecule has 0 bridgehead atoms. The van der Waals surface area contributed by atoms with Crippen LogP contribution in [0.5, 0.6) is 0 Å². The molecule has 3 aromatic rings. The lowest BCUT2D eigenvalue weighted by atomic mass is 9.90. The van der Waals surface area contributed by atoms with Crippen LogP contribution in [0, 0.1) is 10.8 Å². The van der Waals surface area contributed by atoms with Crippen LogP contribution in [0.15, 0.2) is 58.1 Å². The van der Waals surface area contributed by atoms with Gasteiger partial charge in [-0.1, -0.05) is 66.9 Å². The van der Waals surface area contributed by atoms with Crippen LogP contribution < -0.4 is 0 Å². The van der Waals surface area contributed by atoms with Gasteiger partial charge in [-0.25, -0.2) is 0 Å². The maximum atomic E-state index is 11.8. The predicted molar refractivity (Wildman–Crippen MR) is 126 cm³/mol. The fourth-order valence-electron chi connectivity index (χ4n) is 4.90. The van der Waals surface area contributed by atoms with E-state index in [2.05, 4.69) is 29.4 Å². The zero-order valence-corrected chi connectivity index (χ0v) is 18.5. The van der Waals surface area contributed by atoms with Crippen molar-refractivity contribution < 1.29 is 14.3 Å². The minimum Gasteiger partial charge on any atom is -0.481 e. The number of aryl methyl sites for hydroxylation is 3. The summed E-state index contributed by atoms with van der Waals surface area (Å²) in [6.45, 7) is 0. The van der Waals surface area contributed by atoms with Crippen LogP contribution in [0.25, 0.3) is 11.0 Å². The number of carboxylic acids is 1. The number of fused-ring (bicyclic) bond motifs is 3. The van der Waals surface area contributed by atoms with E-state index in [0.29, 0.717) is 6.42 Å². The first kappa shape index (κ1) is 22.3. The van der Waals surface area contributed by atoms with E-state index in [9.17, 15) is 14.8 Å². The van der Waals surface area contributed by atoms with E-state index in [1.807, 2.05) is 24.3 Å². The van der Waals surface area contributed by atoms with Crippen molar-refractivity contribution in [1.29, 1.82) is 0 Å². The Bertz CT molecular complexity index is 1060. The summed E-state index contributed by atoms with van der Waals surface area (Å²) in [6, 6.07) is 15.5. The molecular formula is C27H31NO4. The number of hydrogen-bond acceptors (Lipinski definition) is 4. The lowest BCUT2D eigenvalue weighted by Crippen LogP contribution is -2.16. The molecule has 1 N–H and O–H groups in total. The molecule has 0 saturated heterocycles. The monoisotopic (exact) mass is 433 g/mol. The van der Waals surface area contributed by atoms with Crippen molar-refractivity contribution in [3.05, 3.63) is 75.9 Å². The van der Waals surface area contributed by atoms with Gasteiger partial charge in [0.2, 0.25) is 0 Å². The van der Waals surface area contributed by atoms with Crippen LogP contribution in [-0.2, 0) is 24.1 Å². The highest BCUT2D eigenvalue weighted by molar-refractivity contribution is 5.83. The Morgan fingerprint density at radius 2 is 1.84 bits per heavy atom. The summed E-state index contributed by atoms with van der Waals surface area (Å²) in [7, 11) is 0. The van der Waals surface area contributed by atoms with Crippen LogP contribution in [-0.4, -0.2) is 11.1 Å². The maximum absolute atomic E-state index is 11.8. The Kier molecular flexibility index (Phi) is 7.35. The average molecular weight is 434 g/mol. The number of furan rings is 1. The van der Waals surface area contributed by atoms with Crippen LogP contribution in [0.2, 0.25) is 0 Å². The summed E-state index contributed by atoms with van der Waals surface area (Å²) in [5.41, 5.74) is 4.15. The number of carboxylic acid groups (broad SMARTS) is 1. The molecule has 2 atom stereocenters. The maximum Gasteiger partial charge on any atom is 0.306 e. The van der Waals surface area contributed by atoms with Gasteiger partial charge in [0.15, 0.2) is 0 Å². The topological polar surface area (TPSA) is 79.9 Å². The highest BCUT2D eigenvalue weighted by Crippen LogP contribution is 2.36. The summed E-state index contributed by atoms with van der Waals surface area (Å²) in [4.78, 5) is 23.4. The molecule has 1 heterocycles. The van der Waals surface area contributed by atoms with Crippen molar-refractivity contribution in [2.24, 2.45) is 11.1 Å². The molecule has 2 unspecified atom stereocenters. The molecule has 5 nitrogen and oxygen atoms in total. The van der Waals surface area contributed by atoms with Gasteiger partial charge in [0.25, 0.3) is 0 Å². The van der Waals surface area contributed by atoms with Gasteiger partial charge in [-0.15, -0.1) is 0 Å². The van der Waals surface area contributed by atoms with Gasteiger partial charge in [-0.3, -0.25) is 4.79 Å². The Labute approximate surface area is 188 Å². The van der Waals surface area contributed by atoms with Gasteiger partial charge in [0, 0.05) is 17.4 Å². The molecule has 0 aliphatic heterocycles. The highest BCUT2D eigenvalue weighted by Gasteiger charge is 2.26. The van der Waals surface area contributed by atoms with Gasteiger partial charge in [0.1, 0.15) is 17.4 Å². The molecule has 32 heavy (non-hydrogen) atoms. The van der Waals surface area contributed by atoms with E-state index >= 15 is 0 Å². The summed E-state index contributed by atoms with van der Waals surface area (Å²) in [6.07, 6.45) is 9.00. The molecule has 5 heteroatoms. The number of rotatable bonds is 12. The van der Waals surface area contributed by atoms with E-state index < -0.39 is 17.9 Å². The fraction of sp³-hybridized carbons (Fsp3) is 0.444. The smallest absolute Gasteiger partial charge is 0.306 e. The van der Waals surface area contributed by atoms with E-state index in [1.54, 1.807) is 0 Å². The number of aliphatic carboxylic acids is 1. The molecule has 2 aromatic carbocycles. The minimum absolute atomic E-state index is 0.231. The molecular weight excluding hydrogens is 402 g/mol. The van der Waals surface area contributed by atoms with Crippen molar-refractivity contribution in [3.8, 4) is 0 Å². The van der Waals surface area contributed by atoms with Crippen LogP contribution in [0.3, 0.4) is 0 Å². The minimum atomic E-state index is -0.846. The molecule has 0 fully saturated rings. The first-order chi connectivity index (χ1) is 15.7. The normalized spacial score (nSPS) is 14.9. The first-order valence-electron chi connectivity index (χ1n) is 11.8. The van der Waals surface area contributed by atoms with Gasteiger partial charge in [0.05, 0.1) is 5.92 Å². The Hall–Kier alpha value is -2.95. The van der Waals surface area contributed by atoms with E-state index in [-0.39, 0.29) is 6.42 Å². The first-order valence-corrected chi connectivity index (χ1v) is 11.8. The summed E-state index contributed by atoms with van der Waals surface area (Å²) in [5, 5.41) is 14.1. The number of benzene rings is 2. The van der Waals surface area contributed by atoms with Crippen molar-refractivity contribution in [1.82, 2.24) is 0 Å². The largest absolute Gasteiger partial charge is 0.481 e.